The molecule has 0 N–H and O–H groups in total. The van der Waals surface area contributed by atoms with Crippen LogP contribution in [0.15, 0.2) is 77.3 Å². The van der Waals surface area contributed by atoms with Crippen LogP contribution in [-0.4, -0.2) is 26.8 Å². The van der Waals surface area contributed by atoms with Gasteiger partial charge in [-0.1, -0.05) is 52.3 Å². The van der Waals surface area contributed by atoms with Gasteiger partial charge in [0, 0.05) is 4.47 Å². The molecule has 8 nitrogen and oxygen atoms in total. The molecule has 0 fully saturated rings. The summed E-state index contributed by atoms with van der Waals surface area (Å²) >= 11 is 3.36. The molecule has 0 aliphatic heterocycles. The van der Waals surface area contributed by atoms with Crippen LogP contribution in [0.4, 0.5) is 0 Å². The molecule has 0 saturated carbocycles. The van der Waals surface area contributed by atoms with Crippen LogP contribution in [0.25, 0.3) is 0 Å². The van der Waals surface area contributed by atoms with Crippen LogP contribution in [0.3, 0.4) is 0 Å². The van der Waals surface area contributed by atoms with E-state index in [4.69, 9.17) is 27.8 Å². The second-order valence-electron chi connectivity index (χ2n) is 6.72. The number of ether oxygens (including phenoxy) is 3. The number of carbonyl (C=O) groups excluding carboxylic acids is 1. The maximum atomic E-state index is 14.1. The summed E-state index contributed by atoms with van der Waals surface area (Å²) in [7, 11) is -1.64. The largest absolute Gasteiger partial charge is 0.589 e. The minimum atomic E-state index is -4.53. The van der Waals surface area contributed by atoms with E-state index in [1.54, 1.807) is 79.7 Å². The predicted molar refractivity (Wildman–Crippen MR) is 129 cm³/mol. The van der Waals surface area contributed by atoms with Gasteiger partial charge in [0.25, 0.3) is 0 Å². The second kappa shape index (κ2) is 11.9. The first-order valence-corrected chi connectivity index (χ1v) is 12.5. The Balaban J connectivity index is 2.05. The predicted octanol–water partition coefficient (Wildman–Crippen LogP) is 6.35. The van der Waals surface area contributed by atoms with Crippen molar-refractivity contribution in [3.8, 4) is 23.0 Å². The van der Waals surface area contributed by atoms with Gasteiger partial charge in [0.1, 0.15) is 0 Å². The summed E-state index contributed by atoms with van der Waals surface area (Å²) in [4.78, 5) is 12.8. The van der Waals surface area contributed by atoms with Crippen LogP contribution in [-0.2, 0) is 18.6 Å². The summed E-state index contributed by atoms with van der Waals surface area (Å²) in [6.07, 6.45) is -1.40. The topological polar surface area (TPSA) is 89.5 Å². The molecule has 3 aromatic carbocycles. The number of hydrogen-bond acceptors (Lipinski definition) is 8. The number of benzene rings is 3. The van der Waals surface area contributed by atoms with Crippen LogP contribution in [0.5, 0.6) is 23.0 Å². The fraction of sp³-hybridized carbons (Fsp3) is 0.208. The summed E-state index contributed by atoms with van der Waals surface area (Å²) < 4.78 is 47.9. The summed E-state index contributed by atoms with van der Waals surface area (Å²) in [6, 6.07) is 19.8. The zero-order valence-electron chi connectivity index (χ0n) is 18.8. The average Bonchev–Trinajstić information content (AvgIpc) is 2.84. The van der Waals surface area contributed by atoms with Crippen LogP contribution >= 0.6 is 23.8 Å². The van der Waals surface area contributed by atoms with E-state index in [1.165, 1.54) is 14.2 Å². The lowest BCUT2D eigenvalue weighted by molar-refractivity contribution is -0.152. The lowest BCUT2D eigenvalue weighted by Crippen LogP contribution is -2.20. The summed E-state index contributed by atoms with van der Waals surface area (Å²) in [5.74, 6) is 0.0400. The van der Waals surface area contributed by atoms with Gasteiger partial charge in [0.2, 0.25) is 0 Å². The minimum absolute atomic E-state index is 0.0975. The number of methoxy groups -OCH3 is 2. The molecule has 0 heterocycles. The molecule has 180 valence electrons. The van der Waals surface area contributed by atoms with Crippen LogP contribution in [0.1, 0.15) is 18.6 Å². The fourth-order valence-electron chi connectivity index (χ4n) is 2.92. The Labute approximate surface area is 206 Å². The molecular weight excluding hydrogens is 527 g/mol. The summed E-state index contributed by atoms with van der Waals surface area (Å²) in [5, 5.41) is 0. The van der Waals surface area contributed by atoms with Crippen molar-refractivity contribution in [3.63, 3.8) is 0 Å². The molecule has 0 radical (unpaired) electrons. The first-order valence-electron chi connectivity index (χ1n) is 10.2. The van der Waals surface area contributed by atoms with Crippen molar-refractivity contribution < 1.29 is 37.1 Å². The maximum absolute atomic E-state index is 14.1. The number of rotatable bonds is 11. The fourth-order valence-corrected chi connectivity index (χ4v) is 4.55. The molecule has 1 atom stereocenters. The van der Waals surface area contributed by atoms with E-state index >= 15 is 0 Å². The van der Waals surface area contributed by atoms with Gasteiger partial charge in [0.05, 0.1) is 20.8 Å². The number of esters is 1. The standard InChI is InChI=1S/C24H24BrO8P/c1-4-30-24(26)23(17-13-15-18(25)16-14-17)33-34(27,31-21-11-7-5-9-19(21)28-2)32-22-12-8-6-10-20(22)29-3/h5-16,23H,4H2,1-3H3/t23-/m0/s1. The number of phosphoric acid groups is 1. The van der Waals surface area contributed by atoms with E-state index in [1.807, 2.05) is 0 Å². The van der Waals surface area contributed by atoms with E-state index < -0.39 is 19.9 Å². The van der Waals surface area contributed by atoms with E-state index in [-0.39, 0.29) is 18.1 Å². The lowest BCUT2D eigenvalue weighted by atomic mass is 10.1. The van der Waals surface area contributed by atoms with E-state index in [0.29, 0.717) is 17.1 Å². The normalized spacial score (nSPS) is 11.9. The van der Waals surface area contributed by atoms with Crippen LogP contribution < -0.4 is 18.5 Å². The summed E-state index contributed by atoms with van der Waals surface area (Å²) in [5.41, 5.74) is 0.397. The van der Waals surface area contributed by atoms with E-state index in [0.717, 1.165) is 4.47 Å². The molecular formula is C24H24BrO8P. The molecule has 0 amide bonds. The third-order valence-electron chi connectivity index (χ3n) is 4.47. The number of halogens is 1. The van der Waals surface area contributed by atoms with Crippen molar-refractivity contribution >= 4 is 29.7 Å². The SMILES string of the molecule is CCOC(=O)[C@@H](OP(=O)(Oc1ccccc1OC)Oc1ccccc1OC)c1ccc(Br)cc1. The Bertz CT molecular complexity index is 1100. The highest BCUT2D eigenvalue weighted by Gasteiger charge is 2.40. The van der Waals surface area contributed by atoms with Gasteiger partial charge in [-0.15, -0.1) is 0 Å². The number of hydrogen-bond donors (Lipinski definition) is 0. The molecule has 0 spiro atoms. The smallest absolute Gasteiger partial charge is 0.493 e. The molecule has 0 saturated heterocycles. The van der Waals surface area contributed by atoms with Crippen molar-refractivity contribution in [2.75, 3.05) is 20.8 Å². The first-order chi connectivity index (χ1) is 16.4. The van der Waals surface area contributed by atoms with Gasteiger partial charge in [-0.3, -0.25) is 0 Å². The molecule has 3 rings (SSSR count). The van der Waals surface area contributed by atoms with Gasteiger partial charge in [-0.2, -0.15) is 0 Å². The molecule has 0 bridgehead atoms. The first kappa shape index (κ1) is 25.6. The Morgan fingerprint density at radius 2 is 1.29 bits per heavy atom. The highest BCUT2D eigenvalue weighted by atomic mass is 79.9. The molecule has 0 aliphatic carbocycles. The van der Waals surface area contributed by atoms with Gasteiger partial charge in [0.15, 0.2) is 29.1 Å². The maximum Gasteiger partial charge on any atom is 0.589 e. The number of para-hydroxylation sites is 4. The number of carbonyl (C=O) groups is 1. The van der Waals surface area contributed by atoms with Crippen LogP contribution in [0, 0.1) is 0 Å². The number of phosphoric ester groups is 1. The van der Waals surface area contributed by atoms with Gasteiger partial charge in [-0.05, 0) is 48.9 Å². The van der Waals surface area contributed by atoms with E-state index in [2.05, 4.69) is 15.9 Å². The van der Waals surface area contributed by atoms with Crippen molar-refractivity contribution in [2.24, 2.45) is 0 Å². The van der Waals surface area contributed by atoms with E-state index in [9.17, 15) is 9.36 Å². The van der Waals surface area contributed by atoms with Gasteiger partial charge < -0.3 is 23.3 Å². The average molecular weight is 551 g/mol. The quantitative estimate of drug-likeness (QED) is 0.201. The molecule has 0 aliphatic rings. The van der Waals surface area contributed by atoms with Crippen LogP contribution in [0.2, 0.25) is 0 Å². The van der Waals surface area contributed by atoms with Gasteiger partial charge >= 0.3 is 13.8 Å². The van der Waals surface area contributed by atoms with Gasteiger partial charge in [-0.25, -0.2) is 13.9 Å². The molecule has 10 heteroatoms. The van der Waals surface area contributed by atoms with Crippen molar-refractivity contribution in [3.05, 3.63) is 82.8 Å². The second-order valence-corrected chi connectivity index (χ2v) is 9.11. The third-order valence-corrected chi connectivity index (χ3v) is 6.30. The summed E-state index contributed by atoms with van der Waals surface area (Å²) in [6.45, 7) is 1.76. The minimum Gasteiger partial charge on any atom is -0.493 e. The zero-order chi connectivity index (χ0) is 24.6. The Morgan fingerprint density at radius 1 is 0.824 bits per heavy atom. The Morgan fingerprint density at radius 3 is 1.74 bits per heavy atom. The lowest BCUT2D eigenvalue weighted by Gasteiger charge is -2.24. The van der Waals surface area contributed by atoms with Crippen molar-refractivity contribution in [1.29, 1.82) is 0 Å². The molecule has 34 heavy (non-hydrogen) atoms. The molecule has 3 aromatic rings. The Hall–Kier alpha value is -3.00. The highest BCUT2D eigenvalue weighted by Crippen LogP contribution is 2.55. The molecule has 0 unspecified atom stereocenters. The van der Waals surface area contributed by atoms with Crippen molar-refractivity contribution in [1.82, 2.24) is 0 Å². The monoisotopic (exact) mass is 550 g/mol. The zero-order valence-corrected chi connectivity index (χ0v) is 21.3. The van der Waals surface area contributed by atoms with Crippen molar-refractivity contribution in [2.45, 2.75) is 13.0 Å². The highest BCUT2D eigenvalue weighted by molar-refractivity contribution is 9.10. The Kier molecular flexibility index (Phi) is 8.98. The molecule has 0 aromatic heterocycles. The third kappa shape index (κ3) is 6.53.